The predicted molar refractivity (Wildman–Crippen MR) is 124 cm³/mol. The van der Waals surface area contributed by atoms with Gasteiger partial charge in [-0.25, -0.2) is 4.79 Å². The first-order valence-electron chi connectivity index (χ1n) is 9.54. The molecule has 1 amide bonds. The van der Waals surface area contributed by atoms with Crippen LogP contribution in [0.4, 0.5) is 0 Å². The molecule has 0 aliphatic heterocycles. The quantitative estimate of drug-likeness (QED) is 0.215. The molecule has 1 aromatic carbocycles. The molecule has 0 spiro atoms. The van der Waals surface area contributed by atoms with Crippen LogP contribution in [-0.4, -0.2) is 71.8 Å². The molecule has 2 N–H and O–H groups in total. The molecule has 1 aromatic rings. The molecular formula is C22H30NNaO6S. The van der Waals surface area contributed by atoms with Gasteiger partial charge in [0.1, 0.15) is 0 Å². The minimum absolute atomic E-state index is 0. The summed E-state index contributed by atoms with van der Waals surface area (Å²) in [6.45, 7) is 9.99. The van der Waals surface area contributed by atoms with Crippen molar-refractivity contribution in [3.05, 3.63) is 67.3 Å². The molecular weight excluding hydrogens is 429 g/mol. The van der Waals surface area contributed by atoms with Gasteiger partial charge in [0.15, 0.2) is 0 Å². The average Bonchev–Trinajstić information content (AvgIpc) is 2.70. The summed E-state index contributed by atoms with van der Waals surface area (Å²) in [7, 11) is -4.44. The maximum absolute atomic E-state index is 12.1. The van der Waals surface area contributed by atoms with Crippen LogP contribution in [0.5, 0.6) is 0 Å². The van der Waals surface area contributed by atoms with Gasteiger partial charge in [-0.05, 0) is 37.3 Å². The summed E-state index contributed by atoms with van der Waals surface area (Å²) in [6, 6.07) is 8.62. The molecule has 7 nitrogen and oxygen atoms in total. The van der Waals surface area contributed by atoms with Crippen LogP contribution in [0, 0.1) is 5.92 Å². The van der Waals surface area contributed by atoms with Crippen molar-refractivity contribution in [3.63, 3.8) is 0 Å². The fourth-order valence-corrected chi connectivity index (χ4v) is 4.12. The van der Waals surface area contributed by atoms with Crippen molar-refractivity contribution in [2.75, 3.05) is 0 Å². The number of carbonyl (C=O) groups is 2. The number of rotatable bonds is 12. The molecule has 0 radical (unpaired) electrons. The second-order valence-electron chi connectivity index (χ2n) is 6.95. The molecule has 4 atom stereocenters. The van der Waals surface area contributed by atoms with E-state index in [2.05, 4.69) is 18.5 Å². The van der Waals surface area contributed by atoms with Crippen molar-refractivity contribution in [1.29, 1.82) is 0 Å². The van der Waals surface area contributed by atoms with Crippen molar-refractivity contribution in [2.45, 2.75) is 44.1 Å². The Kier molecular flexibility index (Phi) is 13.6. The number of hydrogen-bond donors (Lipinski definition) is 2. The zero-order chi connectivity index (χ0) is 22.7. The van der Waals surface area contributed by atoms with Crippen molar-refractivity contribution < 1.29 is 27.3 Å². The van der Waals surface area contributed by atoms with E-state index in [-0.39, 0.29) is 42.4 Å². The number of nitrogens with one attached hydrogen (secondary N) is 1. The fraction of sp³-hybridized carbons (Fsp3) is 0.364. The molecule has 0 saturated heterocycles. The summed E-state index contributed by atoms with van der Waals surface area (Å²) >= 11 is 0. The zero-order valence-corrected chi connectivity index (χ0v) is 18.0. The van der Waals surface area contributed by atoms with Gasteiger partial charge >= 0.3 is 35.5 Å². The van der Waals surface area contributed by atoms with E-state index in [4.69, 9.17) is 4.74 Å². The van der Waals surface area contributed by atoms with Gasteiger partial charge in [-0.15, -0.1) is 0 Å². The van der Waals surface area contributed by atoms with E-state index >= 15 is 0 Å². The molecule has 0 fully saturated rings. The van der Waals surface area contributed by atoms with E-state index < -0.39 is 45.3 Å². The van der Waals surface area contributed by atoms with Crippen molar-refractivity contribution in [1.82, 2.24) is 5.32 Å². The van der Waals surface area contributed by atoms with Crippen LogP contribution in [0.3, 0.4) is 0 Å². The monoisotopic (exact) mass is 459 g/mol. The number of ether oxygens (including phenoxy) is 1. The Morgan fingerprint density at radius 1 is 1.13 bits per heavy atom. The van der Waals surface area contributed by atoms with Gasteiger partial charge < -0.3 is 10.1 Å². The first-order chi connectivity index (χ1) is 14.1. The Hall–Kier alpha value is -1.71. The SMILES string of the molecule is C=CC(=O)NC(C=Cc1ccccc1)C(C)C(CCC(C)OC(=O)C=C)S(=O)(=O)O.[NaH]. The molecule has 0 aromatic heterocycles. The molecule has 0 saturated carbocycles. The van der Waals surface area contributed by atoms with E-state index in [1.807, 2.05) is 30.3 Å². The minimum atomic E-state index is -4.44. The molecule has 4 unspecified atom stereocenters. The predicted octanol–water partition coefficient (Wildman–Crippen LogP) is 2.51. The van der Waals surface area contributed by atoms with Gasteiger partial charge in [-0.3, -0.25) is 9.35 Å². The number of esters is 1. The summed E-state index contributed by atoms with van der Waals surface area (Å²) in [5.74, 6) is -1.75. The molecule has 0 aliphatic carbocycles. The third-order valence-electron chi connectivity index (χ3n) is 4.67. The van der Waals surface area contributed by atoms with Crippen LogP contribution in [0.15, 0.2) is 61.7 Å². The summed E-state index contributed by atoms with van der Waals surface area (Å²) in [4.78, 5) is 23.2. The van der Waals surface area contributed by atoms with E-state index in [9.17, 15) is 22.6 Å². The standard InChI is InChI=1S/C22H29NO6S.Na.H/c1-5-21(24)23-19(14-13-18-10-8-7-9-11-18)17(4)20(30(26,27)28)15-12-16(3)29-22(25)6-2;;/h5-11,13-14,16-17,19-20H,1-2,12,15H2,3-4H3,(H,23,24)(H,26,27,28);;. The van der Waals surface area contributed by atoms with Gasteiger partial charge in [0.25, 0.3) is 10.1 Å². The third kappa shape index (κ3) is 10.9. The Labute approximate surface area is 206 Å². The second kappa shape index (κ2) is 14.4. The van der Waals surface area contributed by atoms with E-state index in [1.54, 1.807) is 26.0 Å². The van der Waals surface area contributed by atoms with Gasteiger partial charge in [-0.2, -0.15) is 8.42 Å². The molecule has 1 rings (SSSR count). The van der Waals surface area contributed by atoms with Gasteiger partial charge in [0.05, 0.1) is 17.4 Å². The van der Waals surface area contributed by atoms with Crippen molar-refractivity contribution in [3.8, 4) is 0 Å². The Morgan fingerprint density at radius 2 is 1.74 bits per heavy atom. The molecule has 0 heterocycles. The van der Waals surface area contributed by atoms with Gasteiger partial charge in [0, 0.05) is 6.08 Å². The third-order valence-corrected chi connectivity index (χ3v) is 6.10. The summed E-state index contributed by atoms with van der Waals surface area (Å²) < 4.78 is 39.0. The fourth-order valence-electron chi connectivity index (χ4n) is 2.98. The van der Waals surface area contributed by atoms with Gasteiger partial charge in [0.2, 0.25) is 5.91 Å². The summed E-state index contributed by atoms with van der Waals surface area (Å²) in [5.41, 5.74) is 0.871. The van der Waals surface area contributed by atoms with Crippen molar-refractivity contribution >= 4 is 57.6 Å². The van der Waals surface area contributed by atoms with Crippen molar-refractivity contribution in [2.24, 2.45) is 5.92 Å². The van der Waals surface area contributed by atoms with E-state index in [0.717, 1.165) is 17.7 Å². The molecule has 31 heavy (non-hydrogen) atoms. The number of carbonyl (C=O) groups excluding carboxylic acids is 2. The number of hydrogen-bond acceptors (Lipinski definition) is 5. The Balaban J connectivity index is 0.00000900. The van der Waals surface area contributed by atoms with E-state index in [0.29, 0.717) is 0 Å². The molecule has 166 valence electrons. The first-order valence-corrected chi connectivity index (χ1v) is 11.0. The number of benzene rings is 1. The molecule has 9 heteroatoms. The van der Waals surface area contributed by atoms with Crippen LogP contribution >= 0.6 is 0 Å². The maximum atomic E-state index is 12.1. The van der Waals surface area contributed by atoms with Gasteiger partial charge in [-0.1, -0.05) is 62.6 Å². The van der Waals surface area contributed by atoms with E-state index in [1.165, 1.54) is 0 Å². The molecule has 0 bridgehead atoms. The average molecular weight is 460 g/mol. The number of amides is 1. The van der Waals surface area contributed by atoms with Crippen LogP contribution in [0.25, 0.3) is 6.08 Å². The Morgan fingerprint density at radius 3 is 2.26 bits per heavy atom. The Bertz CT molecular complexity index is 869. The van der Waals surface area contributed by atoms with Crippen LogP contribution in [0.1, 0.15) is 32.3 Å². The zero-order valence-electron chi connectivity index (χ0n) is 17.2. The summed E-state index contributed by atoms with van der Waals surface area (Å²) in [6.07, 6.45) is 5.24. The molecule has 0 aliphatic rings. The van der Waals surface area contributed by atoms with Crippen LogP contribution in [-0.2, 0) is 24.4 Å². The van der Waals surface area contributed by atoms with Crippen LogP contribution in [0.2, 0.25) is 0 Å². The summed E-state index contributed by atoms with van der Waals surface area (Å²) in [5, 5.41) is 1.52. The normalized spacial score (nSPS) is 15.1. The topological polar surface area (TPSA) is 110 Å². The first kappa shape index (κ1) is 29.3. The second-order valence-corrected chi connectivity index (χ2v) is 8.59. The van der Waals surface area contributed by atoms with Crippen LogP contribution < -0.4 is 5.32 Å².